The lowest BCUT2D eigenvalue weighted by molar-refractivity contribution is 1.04. The minimum atomic E-state index is 0.521. The number of rotatable bonds is 2. The molecule has 1 aromatic carbocycles. The van der Waals surface area contributed by atoms with Gasteiger partial charge in [-0.05, 0) is 76.7 Å². The molecular formula is C23H20S. The SMILES string of the molecule is CC1=C(CC2=Cc3ccccc3C2)C2=CC3SC=CC3=C(C)C2=C1. The second kappa shape index (κ2) is 5.26. The monoisotopic (exact) mass is 328 g/mol. The Balaban J connectivity index is 1.46. The minimum Gasteiger partial charge on any atom is -0.122 e. The molecule has 1 aromatic rings. The molecule has 5 rings (SSSR count). The number of allylic oxidation sites excluding steroid dienone is 8. The highest BCUT2D eigenvalue weighted by Gasteiger charge is 2.31. The quantitative estimate of drug-likeness (QED) is 0.626. The third-order valence-corrected chi connectivity index (χ3v) is 6.60. The summed E-state index contributed by atoms with van der Waals surface area (Å²) in [6.45, 7) is 4.57. The smallest absolute Gasteiger partial charge is 0.0530 e. The van der Waals surface area contributed by atoms with Crippen LogP contribution in [0.2, 0.25) is 0 Å². The van der Waals surface area contributed by atoms with E-state index in [1.165, 1.54) is 44.6 Å². The zero-order valence-electron chi connectivity index (χ0n) is 14.1. The summed E-state index contributed by atoms with van der Waals surface area (Å²) in [5.74, 6) is 0. The summed E-state index contributed by atoms with van der Waals surface area (Å²) < 4.78 is 0. The molecule has 1 unspecified atom stereocenters. The van der Waals surface area contributed by atoms with Gasteiger partial charge in [0.1, 0.15) is 0 Å². The second-order valence-corrected chi connectivity index (χ2v) is 8.15. The van der Waals surface area contributed by atoms with Crippen LogP contribution in [-0.2, 0) is 6.42 Å². The molecule has 1 aliphatic heterocycles. The third-order valence-electron chi connectivity index (χ3n) is 5.62. The van der Waals surface area contributed by atoms with E-state index in [0.29, 0.717) is 5.25 Å². The van der Waals surface area contributed by atoms with Gasteiger partial charge in [0, 0.05) is 0 Å². The van der Waals surface area contributed by atoms with Gasteiger partial charge in [0.05, 0.1) is 5.25 Å². The maximum atomic E-state index is 2.49. The van der Waals surface area contributed by atoms with Gasteiger partial charge in [-0.2, -0.15) is 0 Å². The molecule has 0 N–H and O–H groups in total. The Labute approximate surface area is 148 Å². The molecule has 0 radical (unpaired) electrons. The van der Waals surface area contributed by atoms with Crippen LogP contribution in [0.3, 0.4) is 0 Å². The van der Waals surface area contributed by atoms with Crippen LogP contribution in [0.5, 0.6) is 0 Å². The molecule has 0 aromatic heterocycles. The van der Waals surface area contributed by atoms with Gasteiger partial charge in [-0.1, -0.05) is 54.1 Å². The van der Waals surface area contributed by atoms with E-state index in [4.69, 9.17) is 0 Å². The van der Waals surface area contributed by atoms with Crippen molar-refractivity contribution in [1.29, 1.82) is 0 Å². The molecule has 0 saturated heterocycles. The van der Waals surface area contributed by atoms with Crippen LogP contribution in [-0.4, -0.2) is 5.25 Å². The largest absolute Gasteiger partial charge is 0.122 e. The van der Waals surface area contributed by atoms with E-state index in [1.54, 1.807) is 5.57 Å². The highest BCUT2D eigenvalue weighted by molar-refractivity contribution is 8.03. The van der Waals surface area contributed by atoms with Gasteiger partial charge >= 0.3 is 0 Å². The summed E-state index contributed by atoms with van der Waals surface area (Å²) in [5.41, 5.74) is 13.3. The van der Waals surface area contributed by atoms with Crippen molar-refractivity contribution >= 4 is 17.8 Å². The molecule has 1 atom stereocenters. The van der Waals surface area contributed by atoms with Crippen molar-refractivity contribution in [2.24, 2.45) is 0 Å². The third kappa shape index (κ3) is 2.08. The predicted octanol–water partition coefficient (Wildman–Crippen LogP) is 6.16. The fourth-order valence-corrected chi connectivity index (χ4v) is 5.33. The van der Waals surface area contributed by atoms with Crippen LogP contribution in [0.1, 0.15) is 31.4 Å². The van der Waals surface area contributed by atoms with Gasteiger partial charge in [-0.3, -0.25) is 0 Å². The Kier molecular flexibility index (Phi) is 3.14. The summed E-state index contributed by atoms with van der Waals surface area (Å²) in [4.78, 5) is 0. The lowest BCUT2D eigenvalue weighted by Crippen LogP contribution is -2.10. The van der Waals surface area contributed by atoms with Crippen LogP contribution in [0, 0.1) is 0 Å². The van der Waals surface area contributed by atoms with E-state index in [2.05, 4.69) is 67.8 Å². The first-order valence-electron chi connectivity index (χ1n) is 8.65. The zero-order valence-corrected chi connectivity index (χ0v) is 14.9. The van der Waals surface area contributed by atoms with Gasteiger partial charge in [0.2, 0.25) is 0 Å². The Bertz CT molecular complexity index is 944. The van der Waals surface area contributed by atoms with Crippen molar-refractivity contribution in [1.82, 2.24) is 0 Å². The van der Waals surface area contributed by atoms with Crippen LogP contribution < -0.4 is 0 Å². The lowest BCUT2D eigenvalue weighted by atomic mass is 9.85. The summed E-state index contributed by atoms with van der Waals surface area (Å²) in [7, 11) is 0. The Morgan fingerprint density at radius 3 is 2.83 bits per heavy atom. The topological polar surface area (TPSA) is 0 Å². The van der Waals surface area contributed by atoms with Crippen molar-refractivity contribution in [2.45, 2.75) is 31.9 Å². The van der Waals surface area contributed by atoms with Gasteiger partial charge in [-0.15, -0.1) is 11.8 Å². The molecule has 1 heterocycles. The maximum absolute atomic E-state index is 2.49. The average Bonchev–Trinajstić information content (AvgIpc) is 3.27. The van der Waals surface area contributed by atoms with Crippen LogP contribution >= 0.6 is 11.8 Å². The van der Waals surface area contributed by atoms with Crippen molar-refractivity contribution in [2.75, 3.05) is 0 Å². The molecule has 0 nitrogen and oxygen atoms in total. The van der Waals surface area contributed by atoms with E-state index in [9.17, 15) is 0 Å². The molecular weight excluding hydrogens is 308 g/mol. The first kappa shape index (κ1) is 14.4. The normalized spacial score (nSPS) is 23.9. The summed E-state index contributed by atoms with van der Waals surface area (Å²) >= 11 is 1.94. The van der Waals surface area contributed by atoms with Crippen molar-refractivity contribution in [3.05, 3.63) is 98.0 Å². The van der Waals surface area contributed by atoms with Gasteiger partial charge in [0.25, 0.3) is 0 Å². The minimum absolute atomic E-state index is 0.521. The number of fused-ring (bicyclic) bond motifs is 3. The van der Waals surface area contributed by atoms with Crippen LogP contribution in [0.15, 0.2) is 86.9 Å². The Hall–Kier alpha value is -1.99. The van der Waals surface area contributed by atoms with Crippen molar-refractivity contribution < 1.29 is 0 Å². The highest BCUT2D eigenvalue weighted by atomic mass is 32.2. The van der Waals surface area contributed by atoms with Crippen LogP contribution in [0.4, 0.5) is 0 Å². The van der Waals surface area contributed by atoms with Gasteiger partial charge in [-0.25, -0.2) is 0 Å². The maximum Gasteiger partial charge on any atom is 0.0530 e. The van der Waals surface area contributed by atoms with Crippen molar-refractivity contribution in [3.8, 4) is 0 Å². The lowest BCUT2D eigenvalue weighted by Gasteiger charge is -2.23. The number of hydrogen-bond donors (Lipinski definition) is 0. The Morgan fingerprint density at radius 1 is 1.08 bits per heavy atom. The van der Waals surface area contributed by atoms with E-state index < -0.39 is 0 Å². The number of thioether (sulfide) groups is 1. The molecule has 4 aliphatic rings. The molecule has 0 saturated carbocycles. The number of hydrogen-bond acceptors (Lipinski definition) is 1. The molecule has 0 amide bonds. The van der Waals surface area contributed by atoms with Crippen molar-refractivity contribution in [3.63, 3.8) is 0 Å². The van der Waals surface area contributed by atoms with Gasteiger partial charge in [0.15, 0.2) is 0 Å². The predicted molar refractivity (Wildman–Crippen MR) is 105 cm³/mol. The van der Waals surface area contributed by atoms with Gasteiger partial charge < -0.3 is 0 Å². The summed E-state index contributed by atoms with van der Waals surface area (Å²) in [6, 6.07) is 8.79. The molecule has 0 spiro atoms. The van der Waals surface area contributed by atoms with E-state index in [1.807, 2.05) is 11.8 Å². The summed E-state index contributed by atoms with van der Waals surface area (Å²) in [5, 5.41) is 2.77. The second-order valence-electron chi connectivity index (χ2n) is 7.09. The molecule has 0 fully saturated rings. The average molecular weight is 328 g/mol. The molecule has 24 heavy (non-hydrogen) atoms. The zero-order chi connectivity index (χ0) is 16.3. The highest BCUT2D eigenvalue weighted by Crippen LogP contribution is 2.48. The van der Waals surface area contributed by atoms with Crippen LogP contribution in [0.25, 0.3) is 6.08 Å². The fraction of sp³-hybridized carbons (Fsp3) is 0.217. The van der Waals surface area contributed by atoms with E-state index in [0.717, 1.165) is 12.8 Å². The Morgan fingerprint density at radius 2 is 1.96 bits per heavy atom. The first-order chi connectivity index (χ1) is 11.7. The first-order valence-corrected chi connectivity index (χ1v) is 9.59. The van der Waals surface area contributed by atoms with E-state index in [-0.39, 0.29) is 0 Å². The summed E-state index contributed by atoms with van der Waals surface area (Å²) in [6.07, 6.45) is 11.8. The van der Waals surface area contributed by atoms with E-state index >= 15 is 0 Å². The molecule has 118 valence electrons. The standard InChI is InChI=1S/C23H20S/c1-14-9-21-15(2)19-7-8-24-23(19)13-22(21)20(14)12-16-10-17-5-3-4-6-18(17)11-16/h3-10,13,23H,11-12H2,1-2H3. The fourth-order valence-electron chi connectivity index (χ4n) is 4.32. The number of benzene rings is 1. The molecule has 1 heteroatoms. The molecule has 3 aliphatic carbocycles. The molecule has 0 bridgehead atoms.